The molecule has 8 nitrogen and oxygen atoms in total. The Kier molecular flexibility index (Phi) is 5.32. The molecule has 1 aromatic rings. The largest absolute Gasteiger partial charge is 0.461 e. The molecule has 9 heteroatoms. The van der Waals surface area contributed by atoms with Crippen molar-refractivity contribution in [3.63, 3.8) is 0 Å². The number of nitrogens with zero attached hydrogens (tertiary/aromatic N) is 2. The van der Waals surface area contributed by atoms with E-state index in [-0.39, 0.29) is 17.1 Å². The lowest BCUT2D eigenvalue weighted by atomic mass is 10.2. The van der Waals surface area contributed by atoms with Gasteiger partial charge in [-0.2, -0.15) is 4.31 Å². The number of rotatable bonds is 4. The highest BCUT2D eigenvalue weighted by Gasteiger charge is 2.30. The van der Waals surface area contributed by atoms with Crippen LogP contribution in [0.4, 0.5) is 5.69 Å². The van der Waals surface area contributed by atoms with Crippen molar-refractivity contribution >= 4 is 21.7 Å². The molecular weight excluding hydrogens is 324 g/mol. The van der Waals surface area contributed by atoms with Gasteiger partial charge in [-0.25, -0.2) is 8.42 Å². The highest BCUT2D eigenvalue weighted by atomic mass is 32.2. The quantitative estimate of drug-likeness (QED) is 0.468. The molecule has 0 radical (unpaired) electrons. The minimum Gasteiger partial charge on any atom is -0.461 e. The lowest BCUT2D eigenvalue weighted by molar-refractivity contribution is -0.384. The van der Waals surface area contributed by atoms with E-state index in [0.717, 1.165) is 18.6 Å². The molecule has 1 heterocycles. The predicted molar refractivity (Wildman–Crippen MR) is 81.3 cm³/mol. The van der Waals surface area contributed by atoms with Gasteiger partial charge < -0.3 is 4.74 Å². The van der Waals surface area contributed by atoms with Gasteiger partial charge in [-0.1, -0.05) is 0 Å². The summed E-state index contributed by atoms with van der Waals surface area (Å²) in [7, 11) is -3.78. The van der Waals surface area contributed by atoms with Crippen LogP contribution in [0.3, 0.4) is 0 Å². The summed E-state index contributed by atoms with van der Waals surface area (Å²) in [5.41, 5.74) is -0.169. The molecule has 0 aromatic heterocycles. The molecule has 0 amide bonds. The van der Waals surface area contributed by atoms with Gasteiger partial charge in [-0.3, -0.25) is 14.9 Å². The summed E-state index contributed by atoms with van der Waals surface area (Å²) in [5.74, 6) is -0.440. The number of nitro groups is 1. The molecule has 1 aliphatic heterocycles. The van der Waals surface area contributed by atoms with E-state index < -0.39 is 27.0 Å². The zero-order valence-electron chi connectivity index (χ0n) is 12.7. The number of nitro benzene ring substituents is 1. The van der Waals surface area contributed by atoms with E-state index in [2.05, 4.69) is 0 Å². The molecule has 1 atom stereocenters. The second kappa shape index (κ2) is 7.05. The average molecular weight is 342 g/mol. The first-order valence-corrected chi connectivity index (χ1v) is 8.66. The Balaban J connectivity index is 2.22. The molecule has 126 valence electrons. The van der Waals surface area contributed by atoms with Crippen LogP contribution in [0.2, 0.25) is 0 Å². The van der Waals surface area contributed by atoms with Crippen molar-refractivity contribution < 1.29 is 22.9 Å². The summed E-state index contributed by atoms with van der Waals surface area (Å²) in [5, 5.41) is 10.7. The van der Waals surface area contributed by atoms with Crippen molar-refractivity contribution in [2.24, 2.45) is 0 Å². The highest BCUT2D eigenvalue weighted by Crippen LogP contribution is 2.23. The van der Waals surface area contributed by atoms with Gasteiger partial charge in [0.2, 0.25) is 10.0 Å². The van der Waals surface area contributed by atoms with E-state index in [9.17, 15) is 23.3 Å². The maximum atomic E-state index is 12.7. The number of non-ortho nitro benzene ring substituents is 1. The summed E-state index contributed by atoms with van der Waals surface area (Å²) in [6.45, 7) is 1.72. The number of hydrogen-bond donors (Lipinski definition) is 0. The Morgan fingerprint density at radius 2 is 1.96 bits per heavy atom. The summed E-state index contributed by atoms with van der Waals surface area (Å²) in [6.07, 6.45) is 1.59. The van der Waals surface area contributed by atoms with Crippen LogP contribution in [0.1, 0.15) is 26.2 Å². The second-order valence-electron chi connectivity index (χ2n) is 5.34. The van der Waals surface area contributed by atoms with Crippen LogP contribution in [-0.4, -0.2) is 42.8 Å². The van der Waals surface area contributed by atoms with Crippen LogP contribution < -0.4 is 0 Å². The molecule has 0 aliphatic carbocycles. The topological polar surface area (TPSA) is 107 Å². The lowest BCUT2D eigenvalue weighted by Crippen LogP contribution is -2.37. The number of benzene rings is 1. The SMILES string of the molecule is CC(=O)OC1CCCCN(S(=O)(=O)c2ccc([N+](=O)[O-])cc2)C1. The van der Waals surface area contributed by atoms with Crippen molar-refractivity contribution in [3.8, 4) is 0 Å². The maximum absolute atomic E-state index is 12.7. The Hall–Kier alpha value is -2.00. The third-order valence-electron chi connectivity index (χ3n) is 3.61. The van der Waals surface area contributed by atoms with Gasteiger partial charge in [-0.15, -0.1) is 0 Å². The van der Waals surface area contributed by atoms with Gasteiger partial charge in [0.15, 0.2) is 0 Å². The fourth-order valence-electron chi connectivity index (χ4n) is 2.51. The lowest BCUT2D eigenvalue weighted by Gasteiger charge is -2.23. The van der Waals surface area contributed by atoms with Crippen LogP contribution in [0.5, 0.6) is 0 Å². The standard InChI is InChI=1S/C14H18N2O6S/c1-11(17)22-13-4-2-3-9-15(10-13)23(20,21)14-7-5-12(6-8-14)16(18)19/h5-8,13H,2-4,9-10H2,1H3. The summed E-state index contributed by atoms with van der Waals surface area (Å²) >= 11 is 0. The predicted octanol–water partition coefficient (Wildman–Crippen LogP) is 1.70. The number of carbonyl (C=O) groups is 1. The van der Waals surface area contributed by atoms with Crippen molar-refractivity contribution in [2.45, 2.75) is 37.2 Å². The normalized spacial score (nSPS) is 19.8. The molecule has 1 aromatic carbocycles. The maximum Gasteiger partial charge on any atom is 0.302 e. The Bertz CT molecular complexity index is 686. The molecule has 1 fully saturated rings. The minimum absolute atomic E-state index is 0.00780. The van der Waals surface area contributed by atoms with Gasteiger partial charge in [0.1, 0.15) is 6.10 Å². The molecule has 0 saturated carbocycles. The Morgan fingerprint density at radius 1 is 1.30 bits per heavy atom. The van der Waals surface area contributed by atoms with E-state index in [1.807, 2.05) is 0 Å². The first kappa shape index (κ1) is 17.4. The van der Waals surface area contributed by atoms with Crippen molar-refractivity contribution in [1.82, 2.24) is 4.31 Å². The Morgan fingerprint density at radius 3 is 2.52 bits per heavy atom. The molecule has 1 aliphatic rings. The fraction of sp³-hybridized carbons (Fsp3) is 0.500. The van der Waals surface area contributed by atoms with Gasteiger partial charge in [-0.05, 0) is 31.4 Å². The highest BCUT2D eigenvalue weighted by molar-refractivity contribution is 7.89. The summed E-state index contributed by atoms with van der Waals surface area (Å²) in [6, 6.07) is 4.76. The average Bonchev–Trinajstić information content (AvgIpc) is 2.72. The molecule has 0 bridgehead atoms. The van der Waals surface area contributed by atoms with Gasteiger partial charge in [0.25, 0.3) is 5.69 Å². The molecule has 0 spiro atoms. The van der Waals surface area contributed by atoms with E-state index >= 15 is 0 Å². The Labute approximate surface area is 134 Å². The second-order valence-corrected chi connectivity index (χ2v) is 7.28. The van der Waals surface area contributed by atoms with Crippen LogP contribution in [0.15, 0.2) is 29.2 Å². The monoisotopic (exact) mass is 342 g/mol. The van der Waals surface area contributed by atoms with E-state index in [0.29, 0.717) is 19.4 Å². The van der Waals surface area contributed by atoms with Gasteiger partial charge in [0, 0.05) is 25.6 Å². The third-order valence-corrected chi connectivity index (χ3v) is 5.49. The zero-order chi connectivity index (χ0) is 17.0. The molecule has 2 rings (SSSR count). The number of ether oxygens (including phenoxy) is 1. The number of sulfonamides is 1. The first-order chi connectivity index (χ1) is 10.8. The smallest absolute Gasteiger partial charge is 0.302 e. The van der Waals surface area contributed by atoms with E-state index in [1.165, 1.54) is 23.4 Å². The van der Waals surface area contributed by atoms with E-state index in [4.69, 9.17) is 4.74 Å². The van der Waals surface area contributed by atoms with E-state index in [1.54, 1.807) is 0 Å². The minimum atomic E-state index is -3.78. The van der Waals surface area contributed by atoms with Gasteiger partial charge >= 0.3 is 5.97 Å². The van der Waals surface area contributed by atoms with Crippen molar-refractivity contribution in [2.75, 3.05) is 13.1 Å². The molecule has 0 N–H and O–H groups in total. The fourth-order valence-corrected chi connectivity index (χ4v) is 4.02. The zero-order valence-corrected chi connectivity index (χ0v) is 13.5. The number of carbonyl (C=O) groups excluding carboxylic acids is 1. The number of esters is 1. The molecule has 1 saturated heterocycles. The van der Waals surface area contributed by atoms with Crippen LogP contribution >= 0.6 is 0 Å². The van der Waals surface area contributed by atoms with Crippen molar-refractivity contribution in [3.05, 3.63) is 34.4 Å². The summed E-state index contributed by atoms with van der Waals surface area (Å²) in [4.78, 5) is 21.2. The molecule has 1 unspecified atom stereocenters. The van der Waals surface area contributed by atoms with Crippen molar-refractivity contribution in [1.29, 1.82) is 0 Å². The molecule has 23 heavy (non-hydrogen) atoms. The van der Waals surface area contributed by atoms with Crippen LogP contribution in [0, 0.1) is 10.1 Å². The third kappa shape index (κ3) is 4.26. The number of hydrogen-bond acceptors (Lipinski definition) is 6. The van der Waals surface area contributed by atoms with Gasteiger partial charge in [0.05, 0.1) is 16.4 Å². The van der Waals surface area contributed by atoms with Crippen LogP contribution in [-0.2, 0) is 19.6 Å². The molecular formula is C14H18N2O6S. The summed E-state index contributed by atoms with van der Waals surface area (Å²) < 4.78 is 31.8. The first-order valence-electron chi connectivity index (χ1n) is 7.22. The van der Waals surface area contributed by atoms with Crippen LogP contribution in [0.25, 0.3) is 0 Å².